The number of rotatable bonds is 5. The first-order chi connectivity index (χ1) is 16.4. The topological polar surface area (TPSA) is 83.5 Å². The van der Waals surface area contributed by atoms with Crippen LogP contribution < -0.4 is 0 Å². The van der Waals surface area contributed by atoms with Crippen molar-refractivity contribution in [3.8, 4) is 10.6 Å². The van der Waals surface area contributed by atoms with Crippen molar-refractivity contribution in [3.05, 3.63) is 77.4 Å². The normalized spacial score (nSPS) is 15.0. The number of hydrogen-bond acceptors (Lipinski definition) is 6. The van der Waals surface area contributed by atoms with Crippen LogP contribution in [0, 0.1) is 6.92 Å². The number of para-hydroxylation sites is 1. The van der Waals surface area contributed by atoms with E-state index in [1.807, 2.05) is 54.8 Å². The number of carbonyl (C=O) groups excluding carboxylic acids is 1. The fourth-order valence-electron chi connectivity index (χ4n) is 4.14. The third kappa shape index (κ3) is 4.46. The minimum absolute atomic E-state index is 0.0377. The quantitative estimate of drug-likeness (QED) is 0.424. The van der Waals surface area contributed by atoms with E-state index in [2.05, 4.69) is 9.97 Å². The van der Waals surface area contributed by atoms with Crippen LogP contribution in [-0.4, -0.2) is 59.7 Å². The molecule has 1 amide bonds. The molecule has 3 heterocycles. The lowest BCUT2D eigenvalue weighted by Gasteiger charge is -2.34. The zero-order valence-electron chi connectivity index (χ0n) is 18.7. The van der Waals surface area contributed by atoms with Gasteiger partial charge < -0.3 is 4.90 Å². The van der Waals surface area contributed by atoms with Gasteiger partial charge in [0.05, 0.1) is 17.6 Å². The van der Waals surface area contributed by atoms with Crippen LogP contribution in [0.1, 0.15) is 11.3 Å². The third-order valence-electron chi connectivity index (χ3n) is 5.92. The summed E-state index contributed by atoms with van der Waals surface area (Å²) in [4.78, 5) is 23.8. The number of nitrogens with zero attached hydrogens (tertiary/aromatic N) is 4. The van der Waals surface area contributed by atoms with Crippen molar-refractivity contribution in [2.75, 3.05) is 26.2 Å². The Morgan fingerprint density at radius 3 is 2.56 bits per heavy atom. The van der Waals surface area contributed by atoms with Gasteiger partial charge in [0.2, 0.25) is 15.9 Å². The number of piperazine rings is 1. The maximum Gasteiger partial charge on any atom is 0.245 e. The number of pyridine rings is 1. The number of hydrogen-bond donors (Lipinski definition) is 0. The molecule has 0 N–H and O–H groups in total. The Balaban J connectivity index is 1.25. The van der Waals surface area contributed by atoms with E-state index in [9.17, 15) is 13.2 Å². The first-order valence-electron chi connectivity index (χ1n) is 11.0. The maximum absolute atomic E-state index is 13.4. The Kier molecular flexibility index (Phi) is 6.16. The van der Waals surface area contributed by atoms with Crippen molar-refractivity contribution in [1.29, 1.82) is 0 Å². The minimum Gasteiger partial charge on any atom is -0.340 e. The lowest BCUT2D eigenvalue weighted by molar-refractivity contribution is -0.131. The Morgan fingerprint density at radius 1 is 1.03 bits per heavy atom. The predicted molar refractivity (Wildman–Crippen MR) is 133 cm³/mol. The summed E-state index contributed by atoms with van der Waals surface area (Å²) in [6, 6.07) is 17.0. The molecule has 0 spiro atoms. The molecule has 4 aromatic rings. The zero-order valence-corrected chi connectivity index (χ0v) is 20.3. The lowest BCUT2D eigenvalue weighted by atomic mass is 10.2. The summed E-state index contributed by atoms with van der Waals surface area (Å²) in [5.74, 6) is -0.0377. The monoisotopic (exact) mass is 492 g/mol. The van der Waals surface area contributed by atoms with Crippen LogP contribution in [0.3, 0.4) is 0 Å². The number of sulfonamides is 1. The van der Waals surface area contributed by atoms with Crippen LogP contribution in [0.2, 0.25) is 0 Å². The van der Waals surface area contributed by atoms with E-state index >= 15 is 0 Å². The van der Waals surface area contributed by atoms with Crippen LogP contribution in [0.4, 0.5) is 0 Å². The SMILES string of the molecule is Cc1cnc2c(S(=O)(=O)N3CCN(C(=O)Cc4csc(-c5ccccc5)n4)CC3)cccc2c1. The van der Waals surface area contributed by atoms with Gasteiger partial charge in [-0.15, -0.1) is 11.3 Å². The van der Waals surface area contributed by atoms with Gasteiger partial charge in [-0.05, 0) is 24.6 Å². The fraction of sp³-hybridized carbons (Fsp3) is 0.240. The van der Waals surface area contributed by atoms with Crippen molar-refractivity contribution in [2.45, 2.75) is 18.2 Å². The number of carbonyl (C=O) groups is 1. The van der Waals surface area contributed by atoms with Crippen molar-refractivity contribution in [1.82, 2.24) is 19.2 Å². The van der Waals surface area contributed by atoms with Crippen molar-refractivity contribution >= 4 is 38.2 Å². The van der Waals surface area contributed by atoms with Gasteiger partial charge in [-0.3, -0.25) is 9.78 Å². The highest BCUT2D eigenvalue weighted by atomic mass is 32.2. The average molecular weight is 493 g/mol. The second-order valence-electron chi connectivity index (χ2n) is 8.31. The highest BCUT2D eigenvalue weighted by Gasteiger charge is 2.31. The fourth-order valence-corrected chi connectivity index (χ4v) is 6.55. The third-order valence-corrected chi connectivity index (χ3v) is 8.80. The van der Waals surface area contributed by atoms with Gasteiger partial charge >= 0.3 is 0 Å². The van der Waals surface area contributed by atoms with E-state index < -0.39 is 10.0 Å². The van der Waals surface area contributed by atoms with Crippen LogP contribution in [-0.2, 0) is 21.2 Å². The molecule has 1 saturated heterocycles. The molecule has 0 bridgehead atoms. The lowest BCUT2D eigenvalue weighted by Crippen LogP contribution is -2.50. The largest absolute Gasteiger partial charge is 0.340 e. The van der Waals surface area contributed by atoms with Crippen LogP contribution in [0.15, 0.2) is 71.1 Å². The van der Waals surface area contributed by atoms with Crippen molar-refractivity contribution < 1.29 is 13.2 Å². The molecule has 0 atom stereocenters. The summed E-state index contributed by atoms with van der Waals surface area (Å²) in [6.45, 7) is 3.14. The van der Waals surface area contributed by atoms with Gasteiger partial charge in [0.1, 0.15) is 9.90 Å². The molecule has 0 aliphatic carbocycles. The summed E-state index contributed by atoms with van der Waals surface area (Å²) >= 11 is 1.52. The van der Waals surface area contributed by atoms with Gasteiger partial charge in [-0.25, -0.2) is 13.4 Å². The van der Waals surface area contributed by atoms with E-state index in [1.54, 1.807) is 23.2 Å². The zero-order chi connectivity index (χ0) is 23.7. The van der Waals surface area contributed by atoms with E-state index in [4.69, 9.17) is 0 Å². The highest BCUT2D eigenvalue weighted by molar-refractivity contribution is 7.89. The smallest absolute Gasteiger partial charge is 0.245 e. The van der Waals surface area contributed by atoms with Crippen molar-refractivity contribution in [3.63, 3.8) is 0 Å². The van der Waals surface area contributed by atoms with Gasteiger partial charge in [0.25, 0.3) is 0 Å². The van der Waals surface area contributed by atoms with E-state index in [0.717, 1.165) is 27.2 Å². The summed E-state index contributed by atoms with van der Waals surface area (Å²) in [6.07, 6.45) is 1.89. The molecular formula is C25H24N4O3S2. The average Bonchev–Trinajstić information content (AvgIpc) is 3.32. The van der Waals surface area contributed by atoms with Gasteiger partial charge in [0, 0.05) is 48.7 Å². The standard InChI is InChI=1S/C25H24N4O3S2/c1-18-14-20-8-5-9-22(24(20)26-16-18)34(31,32)29-12-10-28(11-13-29)23(30)15-21-17-33-25(27-21)19-6-3-2-4-7-19/h2-9,14,16-17H,10-13,15H2,1H3. The van der Waals surface area contributed by atoms with Crippen LogP contribution in [0.5, 0.6) is 0 Å². The molecule has 7 nitrogen and oxygen atoms in total. The second-order valence-corrected chi connectivity index (χ2v) is 11.1. The van der Waals surface area contributed by atoms with E-state index in [0.29, 0.717) is 18.6 Å². The molecule has 1 aliphatic rings. The molecule has 34 heavy (non-hydrogen) atoms. The summed E-state index contributed by atoms with van der Waals surface area (Å²) in [5, 5.41) is 3.60. The molecular weight excluding hydrogens is 468 g/mol. The number of aromatic nitrogens is 2. The Labute approximate surface area is 202 Å². The number of fused-ring (bicyclic) bond motifs is 1. The number of aryl methyl sites for hydroxylation is 1. The minimum atomic E-state index is -3.71. The molecule has 1 fully saturated rings. The Bertz CT molecular complexity index is 1440. The molecule has 2 aromatic heterocycles. The number of thiazole rings is 1. The highest BCUT2D eigenvalue weighted by Crippen LogP contribution is 2.26. The molecule has 1 aliphatic heterocycles. The predicted octanol–water partition coefficient (Wildman–Crippen LogP) is 3.74. The molecule has 9 heteroatoms. The van der Waals surface area contributed by atoms with E-state index in [1.165, 1.54) is 15.6 Å². The van der Waals surface area contributed by atoms with Gasteiger partial charge in [0.15, 0.2) is 0 Å². The molecule has 5 rings (SSSR count). The van der Waals surface area contributed by atoms with Crippen LogP contribution >= 0.6 is 11.3 Å². The summed E-state index contributed by atoms with van der Waals surface area (Å²) < 4.78 is 28.2. The second kappa shape index (κ2) is 9.25. The first-order valence-corrected chi connectivity index (χ1v) is 13.4. The summed E-state index contributed by atoms with van der Waals surface area (Å²) in [5.41, 5.74) is 3.22. The van der Waals surface area contributed by atoms with Crippen LogP contribution in [0.25, 0.3) is 21.5 Å². The molecule has 0 radical (unpaired) electrons. The molecule has 2 aromatic carbocycles. The van der Waals surface area contributed by atoms with Gasteiger partial charge in [-0.2, -0.15) is 4.31 Å². The maximum atomic E-state index is 13.4. The van der Waals surface area contributed by atoms with Gasteiger partial charge in [-0.1, -0.05) is 42.5 Å². The van der Waals surface area contributed by atoms with E-state index in [-0.39, 0.29) is 30.3 Å². The Hall–Kier alpha value is -3.14. The first kappa shape index (κ1) is 22.6. The number of benzene rings is 2. The molecule has 174 valence electrons. The summed E-state index contributed by atoms with van der Waals surface area (Å²) in [7, 11) is -3.71. The van der Waals surface area contributed by atoms with Crippen molar-refractivity contribution in [2.24, 2.45) is 0 Å². The Morgan fingerprint density at radius 2 is 1.79 bits per heavy atom. The molecule has 0 unspecified atom stereocenters. The molecule has 0 saturated carbocycles. The number of amides is 1.